The molecule has 10 unspecified atom stereocenters. The Bertz CT molecular complexity index is 629. The Hall–Kier alpha value is -1.71. The van der Waals surface area contributed by atoms with Crippen molar-refractivity contribution in [2.45, 2.75) is 76.7 Å². The van der Waals surface area contributed by atoms with Crippen molar-refractivity contribution < 1.29 is 43.9 Å². The van der Waals surface area contributed by atoms with E-state index in [1.165, 1.54) is 20.8 Å². The van der Waals surface area contributed by atoms with Gasteiger partial charge in [-0.2, -0.15) is 0 Å². The third-order valence-electron chi connectivity index (χ3n) is 6.24. The molecule has 9 heteroatoms. The fraction of sp³-hybridized carbons (Fsp3) is 0.842. The molecule has 0 aliphatic heterocycles. The average molecular weight is 400 g/mol. The summed E-state index contributed by atoms with van der Waals surface area (Å²) in [5.41, 5.74) is 0. The summed E-state index contributed by atoms with van der Waals surface area (Å²) in [7, 11) is 0. The minimum absolute atomic E-state index is 0.0177. The molecule has 0 radical (unpaired) electrons. The van der Waals surface area contributed by atoms with Gasteiger partial charge in [0.2, 0.25) is 0 Å². The molecular weight excluding hydrogens is 372 g/mol. The normalized spacial score (nSPS) is 39.0. The fourth-order valence-corrected chi connectivity index (χ4v) is 5.10. The maximum atomic E-state index is 12.0. The fourth-order valence-electron chi connectivity index (χ4n) is 5.10. The van der Waals surface area contributed by atoms with E-state index in [1.807, 2.05) is 0 Å². The zero-order chi connectivity index (χ0) is 20.7. The van der Waals surface area contributed by atoms with Gasteiger partial charge in [-0.3, -0.25) is 0 Å². The first-order valence-corrected chi connectivity index (χ1v) is 9.75. The number of rotatable bonds is 6. The van der Waals surface area contributed by atoms with Crippen LogP contribution in [0.15, 0.2) is 0 Å². The molecule has 0 aromatic rings. The van der Waals surface area contributed by atoms with Gasteiger partial charge in [-0.25, -0.2) is 14.4 Å². The van der Waals surface area contributed by atoms with Gasteiger partial charge in [0.15, 0.2) is 0 Å². The van der Waals surface area contributed by atoms with Crippen LogP contribution < -0.4 is 0 Å². The lowest BCUT2D eigenvalue weighted by Crippen LogP contribution is -2.41. The molecule has 0 amide bonds. The number of carbonyl (C=O) groups is 3. The van der Waals surface area contributed by atoms with Crippen LogP contribution in [-0.4, -0.2) is 69.9 Å². The van der Waals surface area contributed by atoms with Gasteiger partial charge in [-0.15, -0.1) is 0 Å². The number of hydrogen-bond acceptors (Lipinski definition) is 9. The smallest absolute Gasteiger partial charge is 0.335 e. The second kappa shape index (κ2) is 7.96. The molecule has 0 saturated heterocycles. The molecule has 28 heavy (non-hydrogen) atoms. The monoisotopic (exact) mass is 400 g/mol. The Balaban J connectivity index is 1.75. The van der Waals surface area contributed by atoms with Gasteiger partial charge in [0.05, 0.1) is 0 Å². The predicted octanol–water partition coefficient (Wildman–Crippen LogP) is -0.460. The van der Waals surface area contributed by atoms with E-state index in [0.717, 1.165) is 6.42 Å². The van der Waals surface area contributed by atoms with Gasteiger partial charge in [0.25, 0.3) is 0 Å². The SMILES string of the molecule is CC(O)C(=O)OC1CC2CC1C1CC(OC(=O)C(C)O)C(OC(=O)C(C)O)C21. The largest absolute Gasteiger partial charge is 0.460 e. The van der Waals surface area contributed by atoms with Gasteiger partial charge in [0.1, 0.15) is 36.6 Å². The predicted molar refractivity (Wildman–Crippen MR) is 92.5 cm³/mol. The zero-order valence-electron chi connectivity index (χ0n) is 16.2. The first-order valence-electron chi connectivity index (χ1n) is 9.75. The van der Waals surface area contributed by atoms with Crippen molar-refractivity contribution in [3.63, 3.8) is 0 Å². The van der Waals surface area contributed by atoms with Crippen molar-refractivity contribution in [3.8, 4) is 0 Å². The molecule has 3 fully saturated rings. The molecule has 0 spiro atoms. The third-order valence-corrected chi connectivity index (χ3v) is 6.24. The Labute approximate surface area is 162 Å². The highest BCUT2D eigenvalue weighted by atomic mass is 16.6. The summed E-state index contributed by atoms with van der Waals surface area (Å²) in [5.74, 6) is -2.16. The van der Waals surface area contributed by atoms with E-state index in [2.05, 4.69) is 0 Å². The molecule has 0 aromatic carbocycles. The summed E-state index contributed by atoms with van der Waals surface area (Å²) in [5, 5.41) is 28.3. The zero-order valence-corrected chi connectivity index (χ0v) is 16.2. The molecule has 9 nitrogen and oxygen atoms in total. The second-order valence-corrected chi connectivity index (χ2v) is 8.25. The number of ether oxygens (including phenoxy) is 3. The molecule has 0 aromatic heterocycles. The van der Waals surface area contributed by atoms with E-state index in [4.69, 9.17) is 14.2 Å². The van der Waals surface area contributed by atoms with Crippen molar-refractivity contribution >= 4 is 17.9 Å². The van der Waals surface area contributed by atoms with E-state index in [-0.39, 0.29) is 29.8 Å². The van der Waals surface area contributed by atoms with Crippen molar-refractivity contribution in [1.29, 1.82) is 0 Å². The van der Waals surface area contributed by atoms with Crippen molar-refractivity contribution in [2.75, 3.05) is 0 Å². The molecule has 10 atom stereocenters. The van der Waals surface area contributed by atoms with Crippen molar-refractivity contribution in [2.24, 2.45) is 23.7 Å². The summed E-state index contributed by atoms with van der Waals surface area (Å²) in [4.78, 5) is 35.6. The quantitative estimate of drug-likeness (QED) is 0.399. The number of fused-ring (bicyclic) bond motifs is 5. The lowest BCUT2D eigenvalue weighted by atomic mass is 9.79. The number of hydrogen-bond donors (Lipinski definition) is 3. The lowest BCUT2D eigenvalue weighted by Gasteiger charge is -2.33. The van der Waals surface area contributed by atoms with Crippen LogP contribution in [0.5, 0.6) is 0 Å². The van der Waals surface area contributed by atoms with Crippen LogP contribution in [0.3, 0.4) is 0 Å². The number of carbonyl (C=O) groups excluding carboxylic acids is 3. The van der Waals surface area contributed by atoms with Gasteiger partial charge < -0.3 is 29.5 Å². The van der Waals surface area contributed by atoms with Gasteiger partial charge >= 0.3 is 17.9 Å². The summed E-state index contributed by atoms with van der Waals surface area (Å²) in [6, 6.07) is 0. The molecule has 0 heterocycles. The van der Waals surface area contributed by atoms with E-state index in [9.17, 15) is 29.7 Å². The van der Waals surface area contributed by atoms with E-state index in [1.54, 1.807) is 0 Å². The number of aliphatic hydroxyl groups excluding tert-OH is 3. The Morgan fingerprint density at radius 3 is 1.75 bits per heavy atom. The van der Waals surface area contributed by atoms with Crippen LogP contribution in [0.2, 0.25) is 0 Å². The standard InChI is InChI=1S/C19H28O9/c1-7(20)17(23)26-13-5-10-4-11(13)12-6-14(27-18(24)8(2)21)16(15(10)12)28-19(25)9(3)22/h7-16,20-22H,4-6H2,1-3H3. The minimum Gasteiger partial charge on any atom is -0.460 e. The topological polar surface area (TPSA) is 140 Å². The highest BCUT2D eigenvalue weighted by Gasteiger charge is 2.63. The van der Waals surface area contributed by atoms with Crippen LogP contribution in [0, 0.1) is 23.7 Å². The highest BCUT2D eigenvalue weighted by Crippen LogP contribution is 2.60. The number of aliphatic hydroxyl groups is 3. The molecular formula is C19H28O9. The summed E-state index contributed by atoms with van der Waals surface area (Å²) >= 11 is 0. The molecule has 3 rings (SSSR count). The van der Waals surface area contributed by atoms with E-state index >= 15 is 0 Å². The second-order valence-electron chi connectivity index (χ2n) is 8.25. The Morgan fingerprint density at radius 2 is 1.21 bits per heavy atom. The summed E-state index contributed by atoms with van der Waals surface area (Å²) in [6.45, 7) is 3.95. The average Bonchev–Trinajstić information content (AvgIpc) is 3.26. The highest BCUT2D eigenvalue weighted by molar-refractivity contribution is 5.75. The van der Waals surface area contributed by atoms with E-state index in [0.29, 0.717) is 12.8 Å². The first-order chi connectivity index (χ1) is 13.1. The van der Waals surface area contributed by atoms with Crippen molar-refractivity contribution in [1.82, 2.24) is 0 Å². The summed E-state index contributed by atoms with van der Waals surface area (Å²) in [6.07, 6.45) is -3.75. The van der Waals surface area contributed by atoms with E-state index < -0.39 is 48.4 Å². The maximum absolute atomic E-state index is 12.0. The Kier molecular flexibility index (Phi) is 5.97. The molecule has 3 aliphatic rings. The van der Waals surface area contributed by atoms with Crippen LogP contribution >= 0.6 is 0 Å². The van der Waals surface area contributed by atoms with Gasteiger partial charge in [-0.1, -0.05) is 0 Å². The molecule has 3 aliphatic carbocycles. The van der Waals surface area contributed by atoms with Crippen molar-refractivity contribution in [3.05, 3.63) is 0 Å². The Morgan fingerprint density at radius 1 is 0.714 bits per heavy atom. The van der Waals surface area contributed by atoms with Gasteiger partial charge in [0, 0.05) is 5.92 Å². The molecule has 2 bridgehead atoms. The molecule has 3 N–H and O–H groups in total. The van der Waals surface area contributed by atoms with Crippen LogP contribution in [0.25, 0.3) is 0 Å². The summed E-state index contributed by atoms with van der Waals surface area (Å²) < 4.78 is 16.3. The third kappa shape index (κ3) is 3.88. The minimum atomic E-state index is -1.30. The number of esters is 3. The van der Waals surface area contributed by atoms with Gasteiger partial charge in [-0.05, 0) is 57.8 Å². The van der Waals surface area contributed by atoms with Crippen LogP contribution in [0.4, 0.5) is 0 Å². The van der Waals surface area contributed by atoms with Crippen LogP contribution in [-0.2, 0) is 28.6 Å². The molecule has 3 saturated carbocycles. The maximum Gasteiger partial charge on any atom is 0.335 e. The lowest BCUT2D eigenvalue weighted by molar-refractivity contribution is -0.178. The van der Waals surface area contributed by atoms with Crippen LogP contribution in [0.1, 0.15) is 40.0 Å². The molecule has 158 valence electrons. The first kappa shape index (κ1) is 21.0.